The second kappa shape index (κ2) is 5.11. The highest BCUT2D eigenvalue weighted by molar-refractivity contribution is 7.89. The fourth-order valence-electron chi connectivity index (χ4n) is 3.50. The number of fused-ring (bicyclic) bond motifs is 1. The van der Waals surface area contributed by atoms with Gasteiger partial charge in [-0.05, 0) is 19.3 Å². The van der Waals surface area contributed by atoms with Crippen molar-refractivity contribution in [2.45, 2.75) is 43.8 Å². The summed E-state index contributed by atoms with van der Waals surface area (Å²) in [5.74, 6) is -2.10. The maximum absolute atomic E-state index is 12.6. The lowest BCUT2D eigenvalue weighted by Gasteiger charge is -2.34. The molecule has 6 nitrogen and oxygen atoms in total. The number of sulfonamides is 1. The van der Waals surface area contributed by atoms with E-state index in [1.165, 1.54) is 4.31 Å². The van der Waals surface area contributed by atoms with Crippen molar-refractivity contribution in [2.75, 3.05) is 13.1 Å². The second-order valence-corrected chi connectivity index (χ2v) is 8.12. The summed E-state index contributed by atoms with van der Waals surface area (Å²) < 4.78 is 31.2. The molecule has 3 rings (SSSR count). The van der Waals surface area contributed by atoms with Crippen LogP contribution in [0.15, 0.2) is 0 Å². The van der Waals surface area contributed by atoms with Gasteiger partial charge >= 0.3 is 11.9 Å². The Bertz CT molecular complexity index is 523. The van der Waals surface area contributed by atoms with Crippen molar-refractivity contribution >= 4 is 22.0 Å². The van der Waals surface area contributed by atoms with Crippen LogP contribution in [0.4, 0.5) is 0 Å². The number of rotatable bonds is 2. The molecule has 0 aromatic carbocycles. The van der Waals surface area contributed by atoms with Gasteiger partial charge in [-0.1, -0.05) is 19.3 Å². The Hall–Kier alpha value is -0.950. The fraction of sp³-hybridized carbons (Fsp3) is 0.846. The van der Waals surface area contributed by atoms with E-state index in [9.17, 15) is 18.0 Å². The topological polar surface area (TPSA) is 80.8 Å². The Morgan fingerprint density at radius 1 is 0.950 bits per heavy atom. The lowest BCUT2D eigenvalue weighted by Crippen LogP contribution is -2.48. The molecule has 0 N–H and O–H groups in total. The van der Waals surface area contributed by atoms with E-state index in [1.54, 1.807) is 0 Å². The highest BCUT2D eigenvalue weighted by Gasteiger charge is 2.50. The monoisotopic (exact) mass is 301 g/mol. The largest absolute Gasteiger partial charge is 0.393 e. The van der Waals surface area contributed by atoms with Gasteiger partial charge in [0.05, 0.1) is 17.1 Å². The standard InChI is InChI=1S/C13H19NO5S/c15-12-10-6-7-14(8-11(10)13(16)19-12)20(17,18)9-4-2-1-3-5-9/h9-11H,1-8H2. The molecule has 0 amide bonds. The summed E-state index contributed by atoms with van der Waals surface area (Å²) in [6, 6.07) is 0. The second-order valence-electron chi connectivity index (χ2n) is 5.90. The van der Waals surface area contributed by atoms with Crippen LogP contribution in [0.3, 0.4) is 0 Å². The number of carbonyl (C=O) groups is 2. The van der Waals surface area contributed by atoms with Gasteiger partial charge in [-0.2, -0.15) is 0 Å². The molecule has 0 bridgehead atoms. The van der Waals surface area contributed by atoms with Gasteiger partial charge in [-0.3, -0.25) is 9.59 Å². The number of ether oxygens (including phenoxy) is 1. The summed E-state index contributed by atoms with van der Waals surface area (Å²) in [7, 11) is -3.35. The molecule has 3 fully saturated rings. The van der Waals surface area contributed by atoms with Crippen LogP contribution in [0.2, 0.25) is 0 Å². The molecule has 1 saturated carbocycles. The van der Waals surface area contributed by atoms with Crippen LogP contribution in [0.25, 0.3) is 0 Å². The van der Waals surface area contributed by atoms with Crippen molar-refractivity contribution in [3.63, 3.8) is 0 Å². The van der Waals surface area contributed by atoms with E-state index in [-0.39, 0.29) is 11.8 Å². The average molecular weight is 301 g/mol. The molecule has 2 aliphatic heterocycles. The van der Waals surface area contributed by atoms with Crippen LogP contribution < -0.4 is 0 Å². The number of hydrogen-bond donors (Lipinski definition) is 0. The third kappa shape index (κ3) is 2.26. The number of hydrogen-bond acceptors (Lipinski definition) is 5. The minimum absolute atomic E-state index is 0.105. The van der Waals surface area contributed by atoms with Crippen molar-refractivity contribution in [2.24, 2.45) is 11.8 Å². The SMILES string of the molecule is O=C1OC(=O)C2CN(S(=O)(=O)C3CCCCC3)CCC12. The lowest BCUT2D eigenvalue weighted by molar-refractivity contribution is -0.153. The third-order valence-electron chi connectivity index (χ3n) is 4.72. The third-order valence-corrected chi connectivity index (χ3v) is 7.08. The number of cyclic esters (lactones) is 2. The van der Waals surface area contributed by atoms with E-state index in [2.05, 4.69) is 4.74 Å². The van der Waals surface area contributed by atoms with Gasteiger partial charge in [0, 0.05) is 13.1 Å². The molecule has 0 aromatic rings. The number of carbonyl (C=O) groups excluding carboxylic acids is 2. The summed E-state index contributed by atoms with van der Waals surface area (Å²) >= 11 is 0. The smallest absolute Gasteiger partial charge is 0.318 e. The highest BCUT2D eigenvalue weighted by atomic mass is 32.2. The Kier molecular flexibility index (Phi) is 3.58. The molecule has 0 aromatic heterocycles. The molecule has 112 valence electrons. The molecule has 0 spiro atoms. The van der Waals surface area contributed by atoms with E-state index in [0.29, 0.717) is 25.8 Å². The fourth-order valence-corrected chi connectivity index (χ4v) is 5.58. The number of esters is 2. The van der Waals surface area contributed by atoms with E-state index >= 15 is 0 Å². The molecular formula is C13H19NO5S. The maximum atomic E-state index is 12.6. The molecule has 20 heavy (non-hydrogen) atoms. The van der Waals surface area contributed by atoms with Crippen molar-refractivity contribution in [1.29, 1.82) is 0 Å². The normalized spacial score (nSPS) is 33.0. The van der Waals surface area contributed by atoms with E-state index in [1.807, 2.05) is 0 Å². The van der Waals surface area contributed by atoms with E-state index in [0.717, 1.165) is 19.3 Å². The zero-order valence-corrected chi connectivity index (χ0v) is 12.1. The molecule has 2 unspecified atom stereocenters. The molecule has 1 aliphatic carbocycles. The lowest BCUT2D eigenvalue weighted by atomic mass is 9.89. The zero-order chi connectivity index (χ0) is 14.3. The Morgan fingerprint density at radius 3 is 2.30 bits per heavy atom. The van der Waals surface area contributed by atoms with Crippen LogP contribution in [0.5, 0.6) is 0 Å². The molecular weight excluding hydrogens is 282 g/mol. The van der Waals surface area contributed by atoms with Gasteiger partial charge in [0.25, 0.3) is 0 Å². The van der Waals surface area contributed by atoms with Crippen molar-refractivity contribution < 1.29 is 22.7 Å². The minimum Gasteiger partial charge on any atom is -0.393 e. The van der Waals surface area contributed by atoms with Crippen LogP contribution >= 0.6 is 0 Å². The number of nitrogens with zero attached hydrogens (tertiary/aromatic N) is 1. The van der Waals surface area contributed by atoms with Gasteiger partial charge in [0.2, 0.25) is 10.0 Å². The van der Waals surface area contributed by atoms with Gasteiger partial charge in [0.15, 0.2) is 0 Å². The summed E-state index contributed by atoms with van der Waals surface area (Å²) in [5.41, 5.74) is 0. The highest BCUT2D eigenvalue weighted by Crippen LogP contribution is 2.35. The van der Waals surface area contributed by atoms with Gasteiger partial charge < -0.3 is 4.74 Å². The summed E-state index contributed by atoms with van der Waals surface area (Å²) in [5, 5.41) is -0.319. The maximum Gasteiger partial charge on any atom is 0.318 e. The van der Waals surface area contributed by atoms with Gasteiger partial charge in [-0.15, -0.1) is 0 Å². The first-order valence-corrected chi connectivity index (χ1v) is 8.75. The first-order chi connectivity index (χ1) is 9.50. The predicted octanol–water partition coefficient (Wildman–Crippen LogP) is 0.670. The average Bonchev–Trinajstić information content (AvgIpc) is 2.75. The Balaban J connectivity index is 1.75. The quantitative estimate of drug-likeness (QED) is 0.553. The minimum atomic E-state index is -3.35. The number of piperidine rings is 1. The van der Waals surface area contributed by atoms with Crippen LogP contribution in [-0.2, 0) is 24.3 Å². The van der Waals surface area contributed by atoms with Crippen LogP contribution in [0, 0.1) is 11.8 Å². The van der Waals surface area contributed by atoms with Gasteiger partial charge in [-0.25, -0.2) is 12.7 Å². The first-order valence-electron chi connectivity index (χ1n) is 7.24. The van der Waals surface area contributed by atoms with Gasteiger partial charge in [0.1, 0.15) is 0 Å². The Labute approximate surface area is 118 Å². The first kappa shape index (κ1) is 14.0. The predicted molar refractivity (Wildman–Crippen MR) is 70.1 cm³/mol. The summed E-state index contributed by atoms with van der Waals surface area (Å²) in [6.45, 7) is 0.427. The van der Waals surface area contributed by atoms with Crippen molar-refractivity contribution in [3.05, 3.63) is 0 Å². The molecule has 0 radical (unpaired) electrons. The summed E-state index contributed by atoms with van der Waals surface area (Å²) in [6.07, 6.45) is 4.79. The van der Waals surface area contributed by atoms with Crippen LogP contribution in [-0.4, -0.2) is 43.0 Å². The molecule has 2 saturated heterocycles. The van der Waals surface area contributed by atoms with E-state index < -0.39 is 33.8 Å². The zero-order valence-electron chi connectivity index (χ0n) is 11.3. The molecule has 3 aliphatic rings. The van der Waals surface area contributed by atoms with Crippen molar-refractivity contribution in [1.82, 2.24) is 4.31 Å². The summed E-state index contributed by atoms with van der Waals surface area (Å²) in [4.78, 5) is 23.1. The van der Waals surface area contributed by atoms with Crippen molar-refractivity contribution in [3.8, 4) is 0 Å². The molecule has 2 heterocycles. The molecule has 2 atom stereocenters. The van der Waals surface area contributed by atoms with E-state index in [4.69, 9.17) is 0 Å². The Morgan fingerprint density at radius 2 is 1.60 bits per heavy atom. The molecule has 7 heteroatoms. The van der Waals surface area contributed by atoms with Crippen LogP contribution in [0.1, 0.15) is 38.5 Å².